The number of amides is 2. The maximum Gasteiger partial charge on any atom is 0.433 e. The number of carbonyl (C=O) groups excluding carboxylic acids is 2. The van der Waals surface area contributed by atoms with Crippen molar-refractivity contribution in [1.29, 1.82) is 0 Å². The molecule has 2 N–H and O–H groups in total. The van der Waals surface area contributed by atoms with Gasteiger partial charge < -0.3 is 10.6 Å². The predicted octanol–water partition coefficient (Wildman–Crippen LogP) is 3.92. The first-order valence-corrected chi connectivity index (χ1v) is 9.02. The minimum atomic E-state index is -4.54. The highest BCUT2D eigenvalue weighted by molar-refractivity contribution is 6.05. The lowest BCUT2D eigenvalue weighted by molar-refractivity contribution is -0.141. The topological polar surface area (TPSA) is 76.3 Å². The first-order chi connectivity index (χ1) is 14.1. The number of aromatic nitrogens is 1. The maximum atomic E-state index is 13.0. The molecular formula is C22H16F3N3O2. The van der Waals surface area contributed by atoms with Crippen LogP contribution in [0.1, 0.15) is 21.6 Å². The van der Waals surface area contributed by atoms with Gasteiger partial charge in [-0.15, -0.1) is 0 Å². The first kappa shape index (κ1) is 19.6. The lowest BCUT2D eigenvalue weighted by Crippen LogP contribution is -2.30. The minimum absolute atomic E-state index is 0.0131. The molecule has 0 radical (unpaired) electrons. The third-order valence-electron chi connectivity index (χ3n) is 5.07. The molecule has 5 nitrogen and oxygen atoms in total. The van der Waals surface area contributed by atoms with Crippen LogP contribution in [0.2, 0.25) is 0 Å². The van der Waals surface area contributed by atoms with Crippen molar-refractivity contribution in [2.24, 2.45) is 5.73 Å². The van der Waals surface area contributed by atoms with Gasteiger partial charge in [-0.25, -0.2) is 4.98 Å². The lowest BCUT2D eigenvalue weighted by Gasteiger charge is -2.15. The minimum Gasteiger partial charge on any atom is -0.366 e. The molecule has 8 heteroatoms. The van der Waals surface area contributed by atoms with Gasteiger partial charge in [0.25, 0.3) is 5.91 Å². The number of alkyl halides is 3. The Labute approximate surface area is 169 Å². The van der Waals surface area contributed by atoms with Crippen LogP contribution in [0.3, 0.4) is 0 Å². The zero-order valence-electron chi connectivity index (χ0n) is 15.7. The molecule has 1 aliphatic heterocycles. The summed E-state index contributed by atoms with van der Waals surface area (Å²) in [5.41, 5.74) is 6.29. The SMILES string of the molecule is C=C(CN1Cc2c(ccc3ccc(-c4cccc(C(F)(F)F)n4)cc23)C1=O)C(N)=O. The van der Waals surface area contributed by atoms with Crippen molar-refractivity contribution >= 4 is 22.6 Å². The van der Waals surface area contributed by atoms with Crippen LogP contribution in [-0.4, -0.2) is 28.2 Å². The van der Waals surface area contributed by atoms with E-state index in [1.165, 1.54) is 17.0 Å². The highest BCUT2D eigenvalue weighted by atomic mass is 19.4. The maximum absolute atomic E-state index is 13.0. The van der Waals surface area contributed by atoms with Crippen molar-refractivity contribution in [3.8, 4) is 11.3 Å². The summed E-state index contributed by atoms with van der Waals surface area (Å²) in [7, 11) is 0. The Morgan fingerprint density at radius 2 is 1.90 bits per heavy atom. The summed E-state index contributed by atoms with van der Waals surface area (Å²) in [5, 5.41) is 1.58. The van der Waals surface area contributed by atoms with E-state index in [1.54, 1.807) is 30.3 Å². The second-order valence-corrected chi connectivity index (χ2v) is 7.06. The normalized spacial score (nSPS) is 13.6. The van der Waals surface area contributed by atoms with Crippen molar-refractivity contribution in [2.75, 3.05) is 6.54 Å². The molecular weight excluding hydrogens is 395 g/mol. The number of carbonyl (C=O) groups is 2. The molecule has 0 fully saturated rings. The Bertz CT molecular complexity index is 1220. The van der Waals surface area contributed by atoms with E-state index in [-0.39, 0.29) is 30.3 Å². The van der Waals surface area contributed by atoms with Gasteiger partial charge in [0, 0.05) is 23.2 Å². The summed E-state index contributed by atoms with van der Waals surface area (Å²) in [6.07, 6.45) is -4.54. The van der Waals surface area contributed by atoms with E-state index < -0.39 is 17.8 Å². The Morgan fingerprint density at radius 3 is 2.60 bits per heavy atom. The number of fused-ring (bicyclic) bond motifs is 3. The summed E-state index contributed by atoms with van der Waals surface area (Å²) in [4.78, 5) is 29.2. The van der Waals surface area contributed by atoms with Crippen LogP contribution in [-0.2, 0) is 17.5 Å². The molecule has 4 rings (SSSR count). The molecule has 2 heterocycles. The second-order valence-electron chi connectivity index (χ2n) is 7.06. The number of primary amides is 1. The first-order valence-electron chi connectivity index (χ1n) is 9.02. The number of rotatable bonds is 4. The molecule has 0 saturated heterocycles. The van der Waals surface area contributed by atoms with Crippen LogP contribution in [0.5, 0.6) is 0 Å². The van der Waals surface area contributed by atoms with Gasteiger partial charge in [-0.1, -0.05) is 30.8 Å². The van der Waals surface area contributed by atoms with E-state index in [9.17, 15) is 22.8 Å². The van der Waals surface area contributed by atoms with Gasteiger partial charge in [0.05, 0.1) is 12.2 Å². The van der Waals surface area contributed by atoms with Gasteiger partial charge in [-0.05, 0) is 40.6 Å². The van der Waals surface area contributed by atoms with Gasteiger partial charge >= 0.3 is 6.18 Å². The zero-order valence-corrected chi connectivity index (χ0v) is 15.7. The van der Waals surface area contributed by atoms with Crippen molar-refractivity contribution in [2.45, 2.75) is 12.7 Å². The van der Waals surface area contributed by atoms with Crippen molar-refractivity contribution in [1.82, 2.24) is 9.88 Å². The lowest BCUT2D eigenvalue weighted by atomic mass is 9.97. The molecule has 0 saturated carbocycles. The van der Waals surface area contributed by atoms with E-state index in [0.717, 1.165) is 22.4 Å². The molecule has 0 bridgehead atoms. The Balaban J connectivity index is 1.76. The molecule has 2 aromatic carbocycles. The van der Waals surface area contributed by atoms with Crippen LogP contribution < -0.4 is 5.73 Å². The van der Waals surface area contributed by atoms with E-state index in [2.05, 4.69) is 11.6 Å². The second kappa shape index (κ2) is 6.98. The Kier molecular flexibility index (Phi) is 4.57. The summed E-state index contributed by atoms with van der Waals surface area (Å²) in [6, 6.07) is 12.4. The summed E-state index contributed by atoms with van der Waals surface area (Å²) in [5.74, 6) is -0.932. The standard InChI is InChI=1S/C22H16F3N3O2/c1-12(20(26)29)10-28-11-17-15(21(28)30)8-7-13-5-6-14(9-16(13)17)18-3-2-4-19(27-18)22(23,24)25/h2-9H,1,10-11H2,(H2,26,29). The number of nitrogens with two attached hydrogens (primary N) is 1. The predicted molar refractivity (Wildman–Crippen MR) is 105 cm³/mol. The fourth-order valence-electron chi connectivity index (χ4n) is 3.53. The summed E-state index contributed by atoms with van der Waals surface area (Å²) < 4.78 is 39.1. The third-order valence-corrected chi connectivity index (χ3v) is 5.07. The quantitative estimate of drug-likeness (QED) is 0.662. The van der Waals surface area contributed by atoms with Crippen molar-refractivity contribution in [3.63, 3.8) is 0 Å². The molecule has 1 aliphatic rings. The van der Waals surface area contributed by atoms with Gasteiger partial charge in [-0.3, -0.25) is 9.59 Å². The number of pyridine rings is 1. The van der Waals surface area contributed by atoms with Crippen LogP contribution in [0, 0.1) is 0 Å². The van der Waals surface area contributed by atoms with Crippen molar-refractivity contribution < 1.29 is 22.8 Å². The fraction of sp³-hybridized carbons (Fsp3) is 0.136. The average molecular weight is 411 g/mol. The van der Waals surface area contributed by atoms with Crippen LogP contribution in [0.4, 0.5) is 13.2 Å². The third kappa shape index (κ3) is 3.41. The highest BCUT2D eigenvalue weighted by Crippen LogP contribution is 2.34. The van der Waals surface area contributed by atoms with Crippen LogP contribution in [0.15, 0.2) is 60.7 Å². The van der Waals surface area contributed by atoms with Gasteiger partial charge in [0.15, 0.2) is 0 Å². The van der Waals surface area contributed by atoms with E-state index >= 15 is 0 Å². The molecule has 152 valence electrons. The van der Waals surface area contributed by atoms with E-state index in [4.69, 9.17) is 5.73 Å². The summed E-state index contributed by atoms with van der Waals surface area (Å²) in [6.45, 7) is 3.85. The van der Waals surface area contributed by atoms with E-state index in [1.807, 2.05) is 0 Å². The highest BCUT2D eigenvalue weighted by Gasteiger charge is 2.33. The number of hydrogen-bond acceptors (Lipinski definition) is 3. The molecule has 0 atom stereocenters. The van der Waals surface area contributed by atoms with Crippen LogP contribution >= 0.6 is 0 Å². The van der Waals surface area contributed by atoms with Crippen molar-refractivity contribution in [3.05, 3.63) is 77.5 Å². The van der Waals surface area contributed by atoms with Crippen LogP contribution in [0.25, 0.3) is 22.0 Å². The molecule has 2 amide bonds. The Morgan fingerprint density at radius 1 is 1.17 bits per heavy atom. The molecule has 30 heavy (non-hydrogen) atoms. The zero-order chi connectivity index (χ0) is 21.6. The average Bonchev–Trinajstić information content (AvgIpc) is 3.03. The van der Waals surface area contributed by atoms with Gasteiger partial charge in [-0.2, -0.15) is 13.2 Å². The monoisotopic (exact) mass is 411 g/mol. The number of hydrogen-bond donors (Lipinski definition) is 1. The molecule has 1 aromatic heterocycles. The fourth-order valence-corrected chi connectivity index (χ4v) is 3.53. The Hall–Kier alpha value is -3.68. The van der Waals surface area contributed by atoms with E-state index in [0.29, 0.717) is 11.1 Å². The molecule has 0 spiro atoms. The number of halogens is 3. The number of nitrogens with zero attached hydrogens (tertiary/aromatic N) is 2. The molecule has 3 aromatic rings. The number of benzene rings is 2. The molecule has 0 unspecified atom stereocenters. The van der Waals surface area contributed by atoms with Gasteiger partial charge in [0.1, 0.15) is 5.69 Å². The smallest absolute Gasteiger partial charge is 0.366 e. The largest absolute Gasteiger partial charge is 0.433 e. The summed E-state index contributed by atoms with van der Waals surface area (Å²) >= 11 is 0. The van der Waals surface area contributed by atoms with Gasteiger partial charge in [0.2, 0.25) is 5.91 Å². The molecule has 0 aliphatic carbocycles.